The third-order valence-electron chi connectivity index (χ3n) is 16.8. The van der Waals surface area contributed by atoms with Crippen molar-refractivity contribution >= 4 is 75.3 Å². The van der Waals surface area contributed by atoms with Gasteiger partial charge in [0, 0.05) is 102 Å². The first-order valence-electron chi connectivity index (χ1n) is 28.8. The zero-order chi connectivity index (χ0) is 57.0. The number of pyridine rings is 2. The van der Waals surface area contributed by atoms with E-state index in [9.17, 15) is 24.0 Å². The topological polar surface area (TPSA) is 234 Å². The molecule has 4 saturated heterocycles. The SMILES string of the molecule is Cc1nc(Nc2ncc3cc(C(=O)N(C)C)n(C4CCCC4)c3n2)ccc1C(=O)N1CC2CCC(C1)N2.Cc1nc(Nc2ncc3cc(C(=O)N(C)C)n(C4CCCC4)c3n2)ccc1C(=O)N1CC2CCC(C1)N2C(=O)OC(C)(C)C. The molecule has 5 amide bonds. The second kappa shape index (κ2) is 22.3. The van der Waals surface area contributed by atoms with Crippen LogP contribution in [-0.2, 0) is 4.74 Å². The summed E-state index contributed by atoms with van der Waals surface area (Å²) in [7, 11) is 7.06. The summed E-state index contributed by atoms with van der Waals surface area (Å²) in [5.41, 5.74) is 4.62. The number of fused-ring (bicyclic) bond motifs is 6. The number of amides is 5. The first-order chi connectivity index (χ1) is 38.8. The lowest BCUT2D eigenvalue weighted by Crippen LogP contribution is -2.58. The van der Waals surface area contributed by atoms with E-state index in [2.05, 4.69) is 45.0 Å². The average Bonchev–Trinajstić information content (AvgIpc) is 4.53. The van der Waals surface area contributed by atoms with Crippen LogP contribution in [0.25, 0.3) is 22.1 Å². The molecule has 0 spiro atoms. The third kappa shape index (κ3) is 11.3. The largest absolute Gasteiger partial charge is 0.444 e. The molecule has 6 aliphatic rings. The van der Waals surface area contributed by atoms with Crippen LogP contribution in [0.5, 0.6) is 0 Å². The number of carbonyl (C=O) groups excluding carboxylic acids is 5. The van der Waals surface area contributed by atoms with Crippen LogP contribution in [-0.4, -0.2) is 177 Å². The normalized spacial score (nSPS) is 20.9. The van der Waals surface area contributed by atoms with Gasteiger partial charge in [0.2, 0.25) is 11.9 Å². The van der Waals surface area contributed by atoms with Crippen LogP contribution in [0.2, 0.25) is 0 Å². The molecule has 81 heavy (non-hydrogen) atoms. The number of aromatic nitrogens is 8. The van der Waals surface area contributed by atoms with Crippen LogP contribution in [0.1, 0.15) is 163 Å². The van der Waals surface area contributed by atoms with Crippen LogP contribution < -0.4 is 16.0 Å². The van der Waals surface area contributed by atoms with Crippen molar-refractivity contribution in [2.75, 3.05) is 65.0 Å². The Morgan fingerprint density at radius 3 is 1.38 bits per heavy atom. The third-order valence-corrected chi connectivity index (χ3v) is 16.8. The van der Waals surface area contributed by atoms with Gasteiger partial charge in [-0.1, -0.05) is 25.7 Å². The van der Waals surface area contributed by atoms with Gasteiger partial charge in [-0.05, 0) is 122 Å². The van der Waals surface area contributed by atoms with Crippen LogP contribution in [0, 0.1) is 13.8 Å². The predicted molar refractivity (Wildman–Crippen MR) is 307 cm³/mol. The van der Waals surface area contributed by atoms with Gasteiger partial charge in [-0.2, -0.15) is 9.97 Å². The van der Waals surface area contributed by atoms with Gasteiger partial charge in [0.1, 0.15) is 39.9 Å². The number of nitrogens with one attached hydrogen (secondary N) is 3. The lowest BCUT2D eigenvalue weighted by atomic mass is 10.1. The van der Waals surface area contributed by atoms with E-state index in [1.165, 1.54) is 0 Å². The maximum Gasteiger partial charge on any atom is 0.410 e. The first-order valence-corrected chi connectivity index (χ1v) is 28.8. The molecule has 4 unspecified atom stereocenters. The van der Waals surface area contributed by atoms with Gasteiger partial charge in [-0.3, -0.25) is 24.1 Å². The molecule has 0 aromatic carbocycles. The van der Waals surface area contributed by atoms with Gasteiger partial charge in [-0.15, -0.1) is 0 Å². The highest BCUT2D eigenvalue weighted by atomic mass is 16.6. The number of ether oxygens (including phenoxy) is 1. The molecule has 22 nitrogen and oxygen atoms in total. The Labute approximate surface area is 472 Å². The quantitative estimate of drug-likeness (QED) is 0.117. The summed E-state index contributed by atoms with van der Waals surface area (Å²) < 4.78 is 9.81. The number of rotatable bonds is 10. The fraction of sp³-hybridized carbons (Fsp3) is 0.542. The average molecular weight is 1110 g/mol. The number of likely N-dealkylation sites (tertiary alicyclic amines) is 2. The van der Waals surface area contributed by atoms with E-state index < -0.39 is 5.60 Å². The van der Waals surface area contributed by atoms with Gasteiger partial charge >= 0.3 is 6.09 Å². The molecule has 4 aliphatic heterocycles. The highest BCUT2D eigenvalue weighted by molar-refractivity contribution is 5.99. The molecule has 6 fully saturated rings. The van der Waals surface area contributed by atoms with E-state index in [4.69, 9.17) is 14.7 Å². The van der Waals surface area contributed by atoms with Crippen molar-refractivity contribution in [1.82, 2.24) is 68.9 Å². The second-order valence-electron chi connectivity index (χ2n) is 24.3. The number of piperazine rings is 2. The summed E-state index contributed by atoms with van der Waals surface area (Å²) in [5.74, 6) is 1.76. The molecule has 4 atom stereocenters. The second-order valence-corrected chi connectivity index (χ2v) is 24.3. The lowest BCUT2D eigenvalue weighted by molar-refractivity contribution is -0.00339. The van der Waals surface area contributed by atoms with Gasteiger partial charge < -0.3 is 49.4 Å². The Kier molecular flexibility index (Phi) is 15.2. The van der Waals surface area contributed by atoms with Crippen molar-refractivity contribution in [3.63, 3.8) is 0 Å². The van der Waals surface area contributed by atoms with E-state index in [1.807, 2.05) is 73.6 Å². The summed E-state index contributed by atoms with van der Waals surface area (Å²) in [5, 5.41) is 11.6. The fourth-order valence-corrected chi connectivity index (χ4v) is 12.9. The molecule has 22 heteroatoms. The molecule has 3 N–H and O–H groups in total. The minimum absolute atomic E-state index is 0.0329. The number of anilines is 4. The lowest BCUT2D eigenvalue weighted by Gasteiger charge is -2.41. The zero-order valence-corrected chi connectivity index (χ0v) is 48.2. The monoisotopic (exact) mass is 1100 g/mol. The van der Waals surface area contributed by atoms with Crippen molar-refractivity contribution in [2.45, 2.75) is 154 Å². The Bertz CT molecular complexity index is 3380. The molecule has 6 aromatic rings. The fourth-order valence-electron chi connectivity index (χ4n) is 12.9. The Morgan fingerprint density at radius 1 is 0.568 bits per heavy atom. The van der Waals surface area contributed by atoms with Crippen molar-refractivity contribution in [3.05, 3.63) is 82.7 Å². The number of aryl methyl sites for hydroxylation is 2. The minimum Gasteiger partial charge on any atom is -0.444 e. The smallest absolute Gasteiger partial charge is 0.410 e. The van der Waals surface area contributed by atoms with Crippen LogP contribution in [0.3, 0.4) is 0 Å². The van der Waals surface area contributed by atoms with Gasteiger partial charge in [0.15, 0.2) is 0 Å². The van der Waals surface area contributed by atoms with Gasteiger partial charge in [-0.25, -0.2) is 24.7 Å². The van der Waals surface area contributed by atoms with E-state index in [-0.39, 0.29) is 53.9 Å². The maximum absolute atomic E-state index is 13.6. The van der Waals surface area contributed by atoms with E-state index in [0.717, 1.165) is 112 Å². The Hall–Kier alpha value is -7.75. The standard InChI is InChI=1S/C32H42N8O4.C27H34N8O2/c1-19-24(28(41)38-17-22-11-12-23(18-38)39(22)31(43)44-32(2,3)4)13-14-26(34-19)35-30-33-16-20-15-25(29(42)37(5)6)40(27(20)36-30)21-9-7-8-10-21;1-16-21(25(36)34-14-18-8-9-19(15-34)30-18)10-11-23(29-16)31-27-28-13-17-12-22(26(37)33(2)3)35(24(17)32-27)20-6-4-5-7-20/h13-16,21-23H,7-12,17-18H2,1-6H3,(H,33,34,35,36);10-13,18-20,30H,4-9,14-15H2,1-3H3,(H,28,29,31,32). The highest BCUT2D eigenvalue weighted by Crippen LogP contribution is 2.38. The Morgan fingerprint density at radius 2 is 0.988 bits per heavy atom. The molecule has 4 bridgehead atoms. The number of hydrogen-bond donors (Lipinski definition) is 3. The van der Waals surface area contributed by atoms with Crippen molar-refractivity contribution in [3.8, 4) is 0 Å². The predicted octanol–water partition coefficient (Wildman–Crippen LogP) is 8.19. The van der Waals surface area contributed by atoms with Crippen molar-refractivity contribution < 1.29 is 28.7 Å². The summed E-state index contributed by atoms with van der Waals surface area (Å²) in [6.45, 7) is 11.7. The summed E-state index contributed by atoms with van der Waals surface area (Å²) >= 11 is 0. The molecule has 0 radical (unpaired) electrons. The summed E-state index contributed by atoms with van der Waals surface area (Å²) in [4.78, 5) is 102. The molecular weight excluding hydrogens is 1030 g/mol. The summed E-state index contributed by atoms with van der Waals surface area (Å²) in [6.07, 6.45) is 15.8. The van der Waals surface area contributed by atoms with E-state index in [1.54, 1.807) is 62.5 Å². The minimum atomic E-state index is -0.562. The maximum atomic E-state index is 13.6. The van der Waals surface area contributed by atoms with Crippen LogP contribution in [0.4, 0.5) is 28.3 Å². The molecule has 2 saturated carbocycles. The number of hydrogen-bond acceptors (Lipinski definition) is 15. The molecule has 6 aromatic heterocycles. The number of nitrogens with zero attached hydrogens (tertiary/aromatic N) is 13. The van der Waals surface area contributed by atoms with Gasteiger partial charge in [0.05, 0.1) is 34.6 Å². The van der Waals surface area contributed by atoms with Gasteiger partial charge in [0.25, 0.3) is 23.6 Å². The van der Waals surface area contributed by atoms with E-state index in [0.29, 0.717) is 82.6 Å². The van der Waals surface area contributed by atoms with Crippen LogP contribution in [0.15, 0.2) is 48.8 Å². The van der Waals surface area contributed by atoms with E-state index >= 15 is 0 Å². The molecule has 2 aliphatic carbocycles. The Balaban J connectivity index is 0.000000173. The molecule has 428 valence electrons. The summed E-state index contributed by atoms with van der Waals surface area (Å²) in [6, 6.07) is 12.1. The zero-order valence-electron chi connectivity index (χ0n) is 48.2. The first kappa shape index (κ1) is 55.2. The van der Waals surface area contributed by atoms with Crippen LogP contribution >= 0.6 is 0 Å². The molecular formula is C59H76N16O6. The molecule has 12 rings (SSSR count). The van der Waals surface area contributed by atoms with Crippen molar-refractivity contribution in [2.24, 2.45) is 0 Å². The molecule has 10 heterocycles. The highest BCUT2D eigenvalue weighted by Gasteiger charge is 2.46. The van der Waals surface area contributed by atoms with Crippen molar-refractivity contribution in [1.29, 1.82) is 0 Å². The number of carbonyl (C=O) groups is 5.